The first-order chi connectivity index (χ1) is 9.50. The van der Waals surface area contributed by atoms with E-state index >= 15 is 0 Å². The highest BCUT2D eigenvalue weighted by Crippen LogP contribution is 2.65. The summed E-state index contributed by atoms with van der Waals surface area (Å²) in [6, 6.07) is 0. The van der Waals surface area contributed by atoms with Crippen molar-refractivity contribution in [3.05, 3.63) is 28.4 Å². The van der Waals surface area contributed by atoms with Gasteiger partial charge in [-0.25, -0.2) is 7.94 Å². The fourth-order valence-electron chi connectivity index (χ4n) is 1.52. The minimum atomic E-state index is -3.73. The lowest BCUT2D eigenvalue weighted by Gasteiger charge is -2.22. The van der Waals surface area contributed by atoms with E-state index in [2.05, 4.69) is 5.10 Å². The van der Waals surface area contributed by atoms with Gasteiger partial charge in [-0.15, -0.1) is 0 Å². The largest absolute Gasteiger partial charge is 0.385 e. The van der Waals surface area contributed by atoms with Crippen molar-refractivity contribution in [1.29, 1.82) is 0 Å². The van der Waals surface area contributed by atoms with Gasteiger partial charge in [-0.2, -0.15) is 5.10 Å². The average molecular weight is 356 g/mol. The number of carbonyl (C=O) groups excluding carboxylic acids is 1. The topological polar surface area (TPSA) is 91.0 Å². The number of rotatable bonds is 7. The molecule has 0 heterocycles. The van der Waals surface area contributed by atoms with Gasteiger partial charge >= 0.3 is 7.60 Å². The van der Waals surface area contributed by atoms with Crippen molar-refractivity contribution in [1.82, 2.24) is 0 Å². The monoisotopic (exact) mass is 355 g/mol. The molecule has 0 aromatic heterocycles. The fourth-order valence-corrected chi connectivity index (χ4v) is 5.36. The molecule has 1 aliphatic rings. The Balaban J connectivity index is 3.39. The maximum absolute atomic E-state index is 12.8. The molecule has 0 aliphatic heterocycles. The molecule has 0 aromatic carbocycles. The van der Waals surface area contributed by atoms with E-state index in [0.717, 1.165) is 30.3 Å². The third-order valence-electron chi connectivity index (χ3n) is 2.18. The van der Waals surface area contributed by atoms with Gasteiger partial charge in [0, 0.05) is 18.1 Å². The molecule has 0 spiro atoms. The molecule has 0 atom stereocenters. The highest BCUT2D eigenvalue weighted by molar-refractivity contribution is 8.01. The second kappa shape index (κ2) is 8.26. The van der Waals surface area contributed by atoms with Crippen LogP contribution in [0.25, 0.3) is 0 Å². The lowest BCUT2D eigenvalue weighted by atomic mass is 10.0. The molecule has 10 heteroatoms. The molecular formula is C10H13ClN2O4PS2. The maximum Gasteiger partial charge on any atom is 0.385 e. The van der Waals surface area contributed by atoms with Crippen molar-refractivity contribution >= 4 is 55.3 Å². The van der Waals surface area contributed by atoms with Crippen LogP contribution in [0, 0.1) is 6.42 Å². The first kappa shape index (κ1) is 17.8. The Morgan fingerprint density at radius 1 is 1.50 bits per heavy atom. The Labute approximate surface area is 131 Å². The van der Waals surface area contributed by atoms with Crippen LogP contribution in [0.3, 0.4) is 0 Å². The third kappa shape index (κ3) is 4.13. The second-order valence-electron chi connectivity index (χ2n) is 3.38. The van der Waals surface area contributed by atoms with Gasteiger partial charge in [0.1, 0.15) is 0 Å². The Bertz CT molecular complexity index is 511. The van der Waals surface area contributed by atoms with Crippen molar-refractivity contribution in [2.45, 2.75) is 6.42 Å². The van der Waals surface area contributed by atoms with Gasteiger partial charge in [0.15, 0.2) is 0 Å². The summed E-state index contributed by atoms with van der Waals surface area (Å²) in [6.07, 6.45) is 7.72. The number of allylic oxidation sites excluding steroid dienone is 4. The average Bonchev–Trinajstić information content (AvgIpc) is 2.39. The lowest BCUT2D eigenvalue weighted by Crippen LogP contribution is -2.12. The molecule has 20 heavy (non-hydrogen) atoms. The predicted octanol–water partition coefficient (Wildman–Crippen LogP) is 3.27. The molecule has 0 amide bonds. The van der Waals surface area contributed by atoms with Gasteiger partial charge in [0.2, 0.25) is 5.78 Å². The highest BCUT2D eigenvalue weighted by Gasteiger charge is 2.38. The van der Waals surface area contributed by atoms with Crippen LogP contribution in [-0.4, -0.2) is 24.5 Å². The zero-order valence-corrected chi connectivity index (χ0v) is 14.0. The number of nitrogens with zero attached hydrogens (tertiary/aromatic N) is 1. The zero-order valence-electron chi connectivity index (χ0n) is 10.7. The molecular weight excluding hydrogens is 343 g/mol. The smallest absolute Gasteiger partial charge is 0.323 e. The van der Waals surface area contributed by atoms with Crippen LogP contribution in [0.5, 0.6) is 0 Å². The number of halogens is 1. The Morgan fingerprint density at radius 2 is 2.10 bits per heavy atom. The van der Waals surface area contributed by atoms with Crippen LogP contribution in [0.2, 0.25) is 0 Å². The van der Waals surface area contributed by atoms with E-state index in [0.29, 0.717) is 6.42 Å². The first-order valence-corrected chi connectivity index (χ1v) is 9.48. The van der Waals surface area contributed by atoms with Crippen molar-refractivity contribution < 1.29 is 17.3 Å². The predicted molar refractivity (Wildman–Crippen MR) is 84.4 cm³/mol. The number of Topliss-reactive ketones (excluding diaryl/α,β-unsaturated/α-hetero) is 1. The summed E-state index contributed by atoms with van der Waals surface area (Å²) < 4.78 is 23.1. The van der Waals surface area contributed by atoms with Crippen molar-refractivity contribution in [2.75, 3.05) is 12.5 Å². The number of hydrazone groups is 1. The van der Waals surface area contributed by atoms with Crippen molar-refractivity contribution in [3.8, 4) is 0 Å². The number of carbonyl (C=O) groups is 1. The summed E-state index contributed by atoms with van der Waals surface area (Å²) in [6.45, 7) is 0. The molecule has 0 bridgehead atoms. The fraction of sp³-hybridized carbons (Fsp3) is 0.300. The number of nitrogens with two attached hydrogens (primary N) is 1. The Kier molecular flexibility index (Phi) is 7.36. The van der Waals surface area contributed by atoms with Crippen LogP contribution in [-0.2, 0) is 17.3 Å². The van der Waals surface area contributed by atoms with E-state index in [-0.39, 0.29) is 15.9 Å². The van der Waals surface area contributed by atoms with Crippen LogP contribution >= 0.6 is 43.3 Å². The molecule has 0 unspecified atom stereocenters. The van der Waals surface area contributed by atoms with Crippen LogP contribution < -0.4 is 5.84 Å². The van der Waals surface area contributed by atoms with Gasteiger partial charge in [-0.3, -0.25) is 9.36 Å². The molecule has 6 nitrogen and oxygen atoms in total. The summed E-state index contributed by atoms with van der Waals surface area (Å²) in [5.74, 6) is 4.46. The maximum atomic E-state index is 12.8. The summed E-state index contributed by atoms with van der Waals surface area (Å²) in [4.78, 5) is 12.0. The Hall–Kier alpha value is -0.240. The molecule has 1 rings (SSSR count). The van der Waals surface area contributed by atoms with E-state index < -0.39 is 13.4 Å². The van der Waals surface area contributed by atoms with Gasteiger partial charge < -0.3 is 5.84 Å². The lowest BCUT2D eigenvalue weighted by molar-refractivity contribution is -0.109. The molecule has 1 radical (unpaired) electrons. The second-order valence-corrected chi connectivity index (χ2v) is 7.09. The quantitative estimate of drug-likeness (QED) is 0.246. The highest BCUT2D eigenvalue weighted by atomic mass is 35.5. The molecule has 0 aromatic rings. The molecule has 111 valence electrons. The molecule has 2 N–H and O–H groups in total. The molecule has 1 aliphatic carbocycles. The summed E-state index contributed by atoms with van der Waals surface area (Å²) >= 11 is 7.81. The van der Waals surface area contributed by atoms with Crippen LogP contribution in [0.15, 0.2) is 27.1 Å². The number of hydrogen-bond donors (Lipinski definition) is 1. The number of ketones is 1. The van der Waals surface area contributed by atoms with Crippen molar-refractivity contribution in [3.63, 3.8) is 0 Å². The van der Waals surface area contributed by atoms with Crippen molar-refractivity contribution in [2.24, 2.45) is 10.9 Å². The minimum Gasteiger partial charge on any atom is -0.323 e. The van der Waals surface area contributed by atoms with Crippen LogP contribution in [0.1, 0.15) is 6.42 Å². The first-order valence-electron chi connectivity index (χ1n) is 5.26. The van der Waals surface area contributed by atoms with Gasteiger partial charge in [0.25, 0.3) is 0 Å². The van der Waals surface area contributed by atoms with E-state index in [4.69, 9.17) is 25.4 Å². The molecule has 0 saturated heterocycles. The third-order valence-corrected chi connectivity index (χ3v) is 6.44. The SMILES string of the molecule is CSOP(=O)(OSC)C1=C(C(=O)C=NN)[CH]CC=C1Cl. The Morgan fingerprint density at radius 3 is 2.60 bits per heavy atom. The summed E-state index contributed by atoms with van der Waals surface area (Å²) in [5.41, 5.74) is 0.123. The van der Waals surface area contributed by atoms with Gasteiger partial charge in [-0.1, -0.05) is 17.7 Å². The normalized spacial score (nSPS) is 16.6. The summed E-state index contributed by atoms with van der Waals surface area (Å²) in [7, 11) is -3.73. The van der Waals surface area contributed by atoms with E-state index in [9.17, 15) is 9.36 Å². The summed E-state index contributed by atoms with van der Waals surface area (Å²) in [5, 5.41) is 3.36. The standard InChI is InChI=1S/C10H13ClN2O4PS2/c1-19-16-18(15,17-20-2)10-7(9(14)6-13-12)4-3-5-8(10)11/h4-6H,3,12H2,1-2H3. The van der Waals surface area contributed by atoms with Gasteiger partial charge in [-0.05, 0) is 36.9 Å². The van der Waals surface area contributed by atoms with Crippen LogP contribution in [0.4, 0.5) is 0 Å². The zero-order chi connectivity index (χ0) is 15.2. The van der Waals surface area contributed by atoms with E-state index in [1.165, 1.54) is 0 Å². The molecule has 0 saturated carbocycles. The van der Waals surface area contributed by atoms with E-state index in [1.807, 2.05) is 0 Å². The van der Waals surface area contributed by atoms with Gasteiger partial charge in [0.05, 0.1) is 16.6 Å². The minimum absolute atomic E-state index is 0.0269. The number of hydrogen-bond acceptors (Lipinski definition) is 8. The van der Waals surface area contributed by atoms with E-state index in [1.54, 1.807) is 25.0 Å². The molecule has 0 fully saturated rings.